The number of aliphatic hydroxyl groups excluding tert-OH is 1. The molecular weight excluding hydrogens is 190 g/mol. The van der Waals surface area contributed by atoms with Gasteiger partial charge in [0.2, 0.25) is 5.91 Å². The molecule has 0 aromatic heterocycles. The summed E-state index contributed by atoms with van der Waals surface area (Å²) in [6.45, 7) is 4.77. The van der Waals surface area contributed by atoms with Gasteiger partial charge in [-0.2, -0.15) is 0 Å². The van der Waals surface area contributed by atoms with Gasteiger partial charge in [-0.3, -0.25) is 4.79 Å². The predicted molar refractivity (Wildman–Crippen MR) is 60.5 cm³/mol. The van der Waals surface area contributed by atoms with Crippen LogP contribution in [0.4, 0.5) is 0 Å². The molecule has 1 aliphatic rings. The van der Waals surface area contributed by atoms with Crippen LogP contribution in [0, 0.1) is 5.92 Å². The van der Waals surface area contributed by atoms with Crippen molar-refractivity contribution in [3.8, 4) is 0 Å². The van der Waals surface area contributed by atoms with E-state index in [-0.39, 0.29) is 12.5 Å². The summed E-state index contributed by atoms with van der Waals surface area (Å²) in [6, 6.07) is 0.309. The second kappa shape index (κ2) is 6.11. The zero-order valence-corrected chi connectivity index (χ0v) is 9.91. The number of nitrogens with zero attached hydrogens (tertiary/aromatic N) is 1. The maximum atomic E-state index is 12.0. The summed E-state index contributed by atoms with van der Waals surface area (Å²) in [4.78, 5) is 13.8. The lowest BCUT2D eigenvalue weighted by molar-refractivity contribution is -0.134. The number of carbonyl (C=O) groups is 1. The van der Waals surface area contributed by atoms with Crippen molar-refractivity contribution in [3.05, 3.63) is 0 Å². The van der Waals surface area contributed by atoms with Gasteiger partial charge in [-0.15, -0.1) is 0 Å². The van der Waals surface area contributed by atoms with E-state index in [1.54, 1.807) is 0 Å². The highest BCUT2D eigenvalue weighted by molar-refractivity contribution is 5.77. The third-order valence-corrected chi connectivity index (χ3v) is 3.20. The van der Waals surface area contributed by atoms with Crippen LogP contribution in [0.5, 0.6) is 0 Å². The highest BCUT2D eigenvalue weighted by atomic mass is 16.3. The maximum absolute atomic E-state index is 12.0. The minimum absolute atomic E-state index is 0.0763. The Labute approximate surface area is 92.5 Å². The van der Waals surface area contributed by atoms with Crippen molar-refractivity contribution < 1.29 is 9.90 Å². The molecule has 1 fully saturated rings. The number of hydrogen-bond acceptors (Lipinski definition) is 2. The Morgan fingerprint density at radius 1 is 1.40 bits per heavy atom. The Bertz CT molecular complexity index is 198. The molecule has 0 saturated heterocycles. The number of aliphatic hydroxyl groups is 1. The van der Waals surface area contributed by atoms with Crippen LogP contribution in [0.1, 0.15) is 46.0 Å². The zero-order chi connectivity index (χ0) is 11.3. The number of hydrogen-bond donors (Lipinski definition) is 1. The van der Waals surface area contributed by atoms with Gasteiger partial charge >= 0.3 is 0 Å². The van der Waals surface area contributed by atoms with E-state index in [9.17, 15) is 4.79 Å². The van der Waals surface area contributed by atoms with Gasteiger partial charge in [0, 0.05) is 19.0 Å². The van der Waals surface area contributed by atoms with E-state index in [4.69, 9.17) is 5.11 Å². The smallest absolute Gasteiger partial charge is 0.223 e. The standard InChI is InChI=1S/C12H23NO2/c1-3-11(4-2)13(7-8-14)12(15)9-10-5-6-10/h10-11,14H,3-9H2,1-2H3. The van der Waals surface area contributed by atoms with Crippen LogP contribution in [0.15, 0.2) is 0 Å². The molecule has 1 N–H and O–H groups in total. The third-order valence-electron chi connectivity index (χ3n) is 3.20. The van der Waals surface area contributed by atoms with E-state index in [1.807, 2.05) is 4.90 Å². The molecule has 0 aromatic carbocycles. The van der Waals surface area contributed by atoms with Crippen LogP contribution in [0.25, 0.3) is 0 Å². The van der Waals surface area contributed by atoms with Crippen molar-refractivity contribution in [2.45, 2.75) is 52.0 Å². The fraction of sp³-hybridized carbons (Fsp3) is 0.917. The third kappa shape index (κ3) is 3.82. The lowest BCUT2D eigenvalue weighted by Crippen LogP contribution is -2.41. The van der Waals surface area contributed by atoms with Crippen molar-refractivity contribution in [1.29, 1.82) is 0 Å². The highest BCUT2D eigenvalue weighted by Gasteiger charge is 2.28. The lowest BCUT2D eigenvalue weighted by atomic mass is 10.1. The average Bonchev–Trinajstić information content (AvgIpc) is 3.02. The molecule has 0 radical (unpaired) electrons. The minimum atomic E-state index is 0.0763. The zero-order valence-electron chi connectivity index (χ0n) is 9.91. The van der Waals surface area contributed by atoms with E-state index < -0.39 is 0 Å². The van der Waals surface area contributed by atoms with E-state index in [0.29, 0.717) is 24.9 Å². The minimum Gasteiger partial charge on any atom is -0.395 e. The normalized spacial score (nSPS) is 15.7. The van der Waals surface area contributed by atoms with Crippen LogP contribution in [0.3, 0.4) is 0 Å². The summed E-state index contributed by atoms with van der Waals surface area (Å²) in [5.41, 5.74) is 0. The van der Waals surface area contributed by atoms with E-state index in [2.05, 4.69) is 13.8 Å². The Kier molecular flexibility index (Phi) is 5.09. The highest BCUT2D eigenvalue weighted by Crippen LogP contribution is 2.33. The molecule has 0 bridgehead atoms. The molecule has 3 heteroatoms. The molecule has 0 aliphatic heterocycles. The van der Waals surface area contributed by atoms with Crippen LogP contribution in [-0.4, -0.2) is 35.1 Å². The fourth-order valence-corrected chi connectivity index (χ4v) is 2.03. The first-order chi connectivity index (χ1) is 7.22. The largest absolute Gasteiger partial charge is 0.395 e. The quantitative estimate of drug-likeness (QED) is 0.700. The average molecular weight is 213 g/mol. The SMILES string of the molecule is CCC(CC)N(CCO)C(=O)CC1CC1. The monoisotopic (exact) mass is 213 g/mol. The molecule has 0 unspecified atom stereocenters. The first-order valence-corrected chi connectivity index (χ1v) is 6.13. The van der Waals surface area contributed by atoms with Gasteiger partial charge in [0.05, 0.1) is 6.61 Å². The molecule has 0 heterocycles. The molecule has 1 saturated carbocycles. The van der Waals surface area contributed by atoms with Gasteiger partial charge < -0.3 is 10.0 Å². The van der Waals surface area contributed by atoms with E-state index in [0.717, 1.165) is 12.8 Å². The van der Waals surface area contributed by atoms with Gasteiger partial charge in [-0.1, -0.05) is 13.8 Å². The van der Waals surface area contributed by atoms with Gasteiger partial charge in [0.1, 0.15) is 0 Å². The summed E-state index contributed by atoms with van der Waals surface area (Å²) in [6.07, 6.45) is 5.07. The van der Waals surface area contributed by atoms with Crippen LogP contribution in [-0.2, 0) is 4.79 Å². The second-order valence-electron chi connectivity index (χ2n) is 4.43. The van der Waals surface area contributed by atoms with Gasteiger partial charge in [0.15, 0.2) is 0 Å². The number of rotatable bonds is 7. The fourth-order valence-electron chi connectivity index (χ4n) is 2.03. The van der Waals surface area contributed by atoms with Crippen molar-refractivity contribution in [2.75, 3.05) is 13.2 Å². The summed E-state index contributed by atoms with van der Waals surface area (Å²) < 4.78 is 0. The molecule has 1 rings (SSSR count). The summed E-state index contributed by atoms with van der Waals surface area (Å²) in [5, 5.41) is 8.98. The van der Waals surface area contributed by atoms with Crippen molar-refractivity contribution in [3.63, 3.8) is 0 Å². The molecule has 3 nitrogen and oxygen atoms in total. The van der Waals surface area contributed by atoms with Crippen molar-refractivity contribution >= 4 is 5.91 Å². The Hall–Kier alpha value is -0.570. The number of amides is 1. The van der Waals surface area contributed by atoms with Gasteiger partial charge in [-0.05, 0) is 31.6 Å². The van der Waals surface area contributed by atoms with Crippen molar-refractivity contribution in [1.82, 2.24) is 4.90 Å². The Morgan fingerprint density at radius 3 is 2.40 bits per heavy atom. The molecule has 0 aromatic rings. The molecule has 15 heavy (non-hydrogen) atoms. The van der Waals surface area contributed by atoms with Crippen LogP contribution < -0.4 is 0 Å². The first kappa shape index (κ1) is 12.5. The molecule has 88 valence electrons. The predicted octanol–water partition coefficient (Wildman–Crippen LogP) is 1.80. The molecule has 1 aliphatic carbocycles. The molecule has 1 amide bonds. The molecular formula is C12H23NO2. The van der Waals surface area contributed by atoms with Crippen LogP contribution in [0.2, 0.25) is 0 Å². The van der Waals surface area contributed by atoms with Crippen LogP contribution >= 0.6 is 0 Å². The van der Waals surface area contributed by atoms with Gasteiger partial charge in [0.25, 0.3) is 0 Å². The lowest BCUT2D eigenvalue weighted by Gasteiger charge is -2.30. The molecule has 0 atom stereocenters. The topological polar surface area (TPSA) is 40.5 Å². The second-order valence-corrected chi connectivity index (χ2v) is 4.43. The summed E-state index contributed by atoms with van der Waals surface area (Å²) in [5.74, 6) is 0.869. The Morgan fingerprint density at radius 2 is 2.00 bits per heavy atom. The summed E-state index contributed by atoms with van der Waals surface area (Å²) >= 11 is 0. The van der Waals surface area contributed by atoms with Crippen molar-refractivity contribution in [2.24, 2.45) is 5.92 Å². The van der Waals surface area contributed by atoms with E-state index in [1.165, 1.54) is 12.8 Å². The Balaban J connectivity index is 2.48. The first-order valence-electron chi connectivity index (χ1n) is 6.13. The maximum Gasteiger partial charge on any atom is 0.223 e. The molecule has 0 spiro atoms. The van der Waals surface area contributed by atoms with E-state index >= 15 is 0 Å². The number of carbonyl (C=O) groups excluding carboxylic acids is 1. The summed E-state index contributed by atoms with van der Waals surface area (Å²) in [7, 11) is 0. The van der Waals surface area contributed by atoms with Gasteiger partial charge in [-0.25, -0.2) is 0 Å².